The van der Waals surface area contributed by atoms with E-state index in [1.165, 1.54) is 5.56 Å². The van der Waals surface area contributed by atoms with E-state index >= 15 is 0 Å². The molecule has 0 saturated carbocycles. The first-order chi connectivity index (χ1) is 14.3. The van der Waals surface area contributed by atoms with Crippen molar-refractivity contribution < 1.29 is 9.53 Å². The average Bonchev–Trinajstić information content (AvgIpc) is 3.28. The van der Waals surface area contributed by atoms with Crippen molar-refractivity contribution in [1.82, 2.24) is 0 Å². The molecule has 1 saturated heterocycles. The topological polar surface area (TPSA) is 38.3 Å². The second kappa shape index (κ2) is 9.77. The van der Waals surface area contributed by atoms with Crippen LogP contribution in [0.1, 0.15) is 34.3 Å². The number of anilines is 1. The fraction of sp³-hybridized carbons (Fsp3) is 0.240. The molecule has 3 nitrogen and oxygen atoms in total. The Labute approximate surface area is 176 Å². The van der Waals surface area contributed by atoms with Crippen molar-refractivity contribution in [3.8, 4) is 0 Å². The van der Waals surface area contributed by atoms with E-state index < -0.39 is 0 Å². The lowest BCUT2D eigenvalue weighted by Gasteiger charge is -2.14. The van der Waals surface area contributed by atoms with Crippen molar-refractivity contribution in [3.63, 3.8) is 0 Å². The van der Waals surface area contributed by atoms with Gasteiger partial charge in [0.25, 0.3) is 5.91 Å². The van der Waals surface area contributed by atoms with Gasteiger partial charge < -0.3 is 10.1 Å². The third kappa shape index (κ3) is 5.28. The molecule has 3 aromatic carbocycles. The van der Waals surface area contributed by atoms with Crippen LogP contribution in [-0.2, 0) is 11.2 Å². The number of para-hydroxylation sites is 1. The molecule has 0 aromatic heterocycles. The molecule has 1 fully saturated rings. The second-order valence-electron chi connectivity index (χ2n) is 7.22. The van der Waals surface area contributed by atoms with Crippen LogP contribution >= 0.6 is 11.8 Å². The Kier molecular flexibility index (Phi) is 6.65. The molecule has 1 amide bonds. The molecule has 29 heavy (non-hydrogen) atoms. The molecule has 4 rings (SSSR count). The van der Waals surface area contributed by atoms with E-state index in [0.29, 0.717) is 11.7 Å². The van der Waals surface area contributed by atoms with Crippen LogP contribution < -0.4 is 5.32 Å². The number of benzene rings is 3. The summed E-state index contributed by atoms with van der Waals surface area (Å²) in [6.45, 7) is 0.853. The molecule has 0 unspecified atom stereocenters. The zero-order valence-corrected chi connectivity index (χ0v) is 17.2. The van der Waals surface area contributed by atoms with Gasteiger partial charge in [-0.3, -0.25) is 4.79 Å². The lowest BCUT2D eigenvalue weighted by Crippen LogP contribution is -2.15. The molecular weight excluding hydrogens is 378 g/mol. The average molecular weight is 404 g/mol. The molecule has 1 N–H and O–H groups in total. The molecule has 0 bridgehead atoms. The highest BCUT2D eigenvalue weighted by Crippen LogP contribution is 2.28. The van der Waals surface area contributed by atoms with E-state index in [-0.39, 0.29) is 5.91 Å². The summed E-state index contributed by atoms with van der Waals surface area (Å²) in [6.07, 6.45) is 3.31. The van der Waals surface area contributed by atoms with E-state index in [9.17, 15) is 4.79 Å². The molecule has 4 heteroatoms. The van der Waals surface area contributed by atoms with Gasteiger partial charge in [-0.05, 0) is 48.6 Å². The molecule has 0 radical (unpaired) electrons. The molecule has 3 aromatic rings. The number of hydrogen-bond donors (Lipinski definition) is 1. The maximum atomic E-state index is 13.1. The molecule has 1 aliphatic rings. The first-order valence-corrected chi connectivity index (χ1v) is 11.0. The van der Waals surface area contributed by atoms with Crippen LogP contribution in [0.5, 0.6) is 0 Å². The molecular formula is C25H25NO2S. The zero-order chi connectivity index (χ0) is 19.9. The van der Waals surface area contributed by atoms with E-state index in [0.717, 1.165) is 47.8 Å². The van der Waals surface area contributed by atoms with Crippen molar-refractivity contribution in [2.45, 2.75) is 30.3 Å². The molecule has 1 atom stereocenters. The van der Waals surface area contributed by atoms with E-state index in [1.807, 2.05) is 60.7 Å². The Morgan fingerprint density at radius 1 is 0.966 bits per heavy atom. The summed E-state index contributed by atoms with van der Waals surface area (Å²) in [5, 5.41) is 3.13. The first kappa shape index (κ1) is 19.7. The standard InChI is InChI=1S/C25H25NO2S/c27-25(22-13-5-7-15-24(22)29-18-21-12-8-16-28-21)26-23-14-6-4-11-20(23)17-19-9-2-1-3-10-19/h1-7,9-11,13-15,21H,8,12,16-18H2,(H,26,27)/t21-/m1/s1. The monoisotopic (exact) mass is 403 g/mol. The molecule has 148 valence electrons. The van der Waals surface area contributed by atoms with Gasteiger partial charge >= 0.3 is 0 Å². The van der Waals surface area contributed by atoms with Crippen LogP contribution in [0.15, 0.2) is 83.8 Å². The highest BCUT2D eigenvalue weighted by Gasteiger charge is 2.18. The third-order valence-corrected chi connectivity index (χ3v) is 6.29. The Morgan fingerprint density at radius 3 is 2.55 bits per heavy atom. The van der Waals surface area contributed by atoms with Gasteiger partial charge in [0.15, 0.2) is 0 Å². The van der Waals surface area contributed by atoms with Crippen LogP contribution in [0.4, 0.5) is 5.69 Å². The minimum absolute atomic E-state index is 0.0686. The fourth-order valence-corrected chi connectivity index (χ4v) is 4.66. The summed E-state index contributed by atoms with van der Waals surface area (Å²) in [6, 6.07) is 26.1. The largest absolute Gasteiger partial charge is 0.377 e. The number of rotatable bonds is 7. The highest BCUT2D eigenvalue weighted by atomic mass is 32.2. The van der Waals surface area contributed by atoms with Crippen LogP contribution in [0, 0.1) is 0 Å². The van der Waals surface area contributed by atoms with Crippen molar-refractivity contribution in [3.05, 3.63) is 95.6 Å². The Bertz CT molecular complexity index is 952. The van der Waals surface area contributed by atoms with Crippen molar-refractivity contribution >= 4 is 23.4 Å². The van der Waals surface area contributed by atoms with Gasteiger partial charge in [0.1, 0.15) is 0 Å². The van der Waals surface area contributed by atoms with Crippen molar-refractivity contribution in [1.29, 1.82) is 0 Å². The summed E-state index contributed by atoms with van der Waals surface area (Å²) in [7, 11) is 0. The summed E-state index contributed by atoms with van der Waals surface area (Å²) in [5.41, 5.74) is 3.91. The minimum atomic E-state index is -0.0686. The minimum Gasteiger partial charge on any atom is -0.377 e. The van der Waals surface area contributed by atoms with Crippen LogP contribution in [-0.4, -0.2) is 24.4 Å². The van der Waals surface area contributed by atoms with Crippen molar-refractivity contribution in [2.75, 3.05) is 17.7 Å². The lowest BCUT2D eigenvalue weighted by atomic mass is 10.0. The predicted molar refractivity (Wildman–Crippen MR) is 120 cm³/mol. The maximum absolute atomic E-state index is 13.1. The van der Waals surface area contributed by atoms with Gasteiger partial charge in [-0.25, -0.2) is 0 Å². The van der Waals surface area contributed by atoms with Crippen LogP contribution in [0.25, 0.3) is 0 Å². The third-order valence-electron chi connectivity index (χ3n) is 5.08. The van der Waals surface area contributed by atoms with Gasteiger partial charge in [-0.15, -0.1) is 11.8 Å². The molecule has 1 aliphatic heterocycles. The Morgan fingerprint density at radius 2 is 1.72 bits per heavy atom. The number of ether oxygens (including phenoxy) is 1. The summed E-state index contributed by atoms with van der Waals surface area (Å²) >= 11 is 1.70. The quantitative estimate of drug-likeness (QED) is 0.507. The zero-order valence-electron chi connectivity index (χ0n) is 16.3. The summed E-state index contributed by atoms with van der Waals surface area (Å²) in [4.78, 5) is 14.1. The normalized spacial score (nSPS) is 15.9. The number of thioether (sulfide) groups is 1. The SMILES string of the molecule is O=C(Nc1ccccc1Cc1ccccc1)c1ccccc1SC[C@H]1CCCO1. The number of carbonyl (C=O) groups is 1. The smallest absolute Gasteiger partial charge is 0.256 e. The van der Waals surface area contributed by atoms with E-state index in [2.05, 4.69) is 23.5 Å². The predicted octanol–water partition coefficient (Wildman–Crippen LogP) is 5.80. The fourth-order valence-electron chi connectivity index (χ4n) is 3.54. The van der Waals surface area contributed by atoms with Crippen LogP contribution in [0.2, 0.25) is 0 Å². The first-order valence-electron chi connectivity index (χ1n) is 10.1. The van der Waals surface area contributed by atoms with E-state index in [1.54, 1.807) is 11.8 Å². The molecule has 0 spiro atoms. The Hall–Kier alpha value is -2.56. The Balaban J connectivity index is 1.48. The lowest BCUT2D eigenvalue weighted by molar-refractivity contribution is 0.102. The summed E-state index contributed by atoms with van der Waals surface area (Å²) < 4.78 is 5.72. The van der Waals surface area contributed by atoms with Gasteiger partial charge in [0.2, 0.25) is 0 Å². The van der Waals surface area contributed by atoms with E-state index in [4.69, 9.17) is 4.74 Å². The maximum Gasteiger partial charge on any atom is 0.256 e. The number of hydrogen-bond acceptors (Lipinski definition) is 3. The van der Waals surface area contributed by atoms with Gasteiger partial charge in [0, 0.05) is 22.9 Å². The number of nitrogens with one attached hydrogen (secondary N) is 1. The molecule has 1 heterocycles. The molecule has 0 aliphatic carbocycles. The number of carbonyl (C=O) groups excluding carboxylic acids is 1. The van der Waals surface area contributed by atoms with Gasteiger partial charge in [0.05, 0.1) is 11.7 Å². The summed E-state index contributed by atoms with van der Waals surface area (Å²) in [5.74, 6) is 0.815. The van der Waals surface area contributed by atoms with Crippen LogP contribution in [0.3, 0.4) is 0 Å². The second-order valence-corrected chi connectivity index (χ2v) is 8.28. The van der Waals surface area contributed by atoms with Crippen molar-refractivity contribution in [2.24, 2.45) is 0 Å². The van der Waals surface area contributed by atoms with Gasteiger partial charge in [-0.1, -0.05) is 60.7 Å². The highest BCUT2D eigenvalue weighted by molar-refractivity contribution is 7.99. The number of amides is 1. The van der Waals surface area contributed by atoms with Gasteiger partial charge in [-0.2, -0.15) is 0 Å².